The predicted octanol–water partition coefficient (Wildman–Crippen LogP) is 0.373. The van der Waals surface area contributed by atoms with Crippen LogP contribution in [0.2, 0.25) is 0 Å². The fourth-order valence-electron chi connectivity index (χ4n) is 1.28. The van der Waals surface area contributed by atoms with Crippen molar-refractivity contribution >= 4 is 31.1 Å². The molecule has 1 atom stereocenters. The van der Waals surface area contributed by atoms with Crippen molar-refractivity contribution in [1.29, 1.82) is 0 Å². The maximum absolute atomic E-state index is 4.46. The van der Waals surface area contributed by atoms with Gasteiger partial charge in [-0.3, -0.25) is 9.98 Å². The summed E-state index contributed by atoms with van der Waals surface area (Å²) in [5.41, 5.74) is 0. The van der Waals surface area contributed by atoms with Crippen LogP contribution in [0.15, 0.2) is 23.5 Å². The maximum atomic E-state index is 4.46. The minimum absolute atomic E-state index is 0.287. The molecule has 0 amide bonds. The van der Waals surface area contributed by atoms with Gasteiger partial charge in [0.15, 0.2) is 0 Å². The first kappa shape index (κ1) is 8.51. The van der Waals surface area contributed by atoms with Crippen molar-refractivity contribution in [2.24, 2.45) is 4.99 Å². The number of fused-ring (bicyclic) bond motifs is 1. The van der Waals surface area contributed by atoms with Gasteiger partial charge in [-0.25, -0.2) is 0 Å². The van der Waals surface area contributed by atoms with Gasteiger partial charge in [0, 0.05) is 30.0 Å². The van der Waals surface area contributed by atoms with Crippen molar-refractivity contribution in [1.82, 2.24) is 4.98 Å². The lowest BCUT2D eigenvalue weighted by molar-refractivity contribution is 1.16. The third-order valence-corrected chi connectivity index (χ3v) is 2.13. The molecular weight excluding hydrogens is 180 g/mol. The largest absolute Gasteiger partial charge is 0.267 e. The van der Waals surface area contributed by atoms with Gasteiger partial charge in [0.2, 0.25) is 0 Å². The Morgan fingerprint density at radius 1 is 1.38 bits per heavy atom. The van der Waals surface area contributed by atoms with E-state index in [1.54, 1.807) is 6.20 Å². The van der Waals surface area contributed by atoms with E-state index < -0.39 is 0 Å². The normalized spacial score (nSPS) is 25.4. The molecule has 2 rings (SSSR count). The van der Waals surface area contributed by atoms with Crippen LogP contribution in [0.25, 0.3) is 12.3 Å². The van der Waals surface area contributed by atoms with Gasteiger partial charge in [-0.2, -0.15) is 12.6 Å². The highest BCUT2D eigenvalue weighted by Gasteiger charge is 2.12. The molecule has 0 aliphatic carbocycles. The number of hydrogen-bond acceptors (Lipinski definition) is 3. The van der Waals surface area contributed by atoms with E-state index in [1.165, 1.54) is 0 Å². The molecule has 1 aliphatic rings. The summed E-state index contributed by atoms with van der Waals surface area (Å²) in [6.07, 6.45) is 9.28. The molecule has 1 aromatic rings. The first-order valence-electron chi connectivity index (χ1n) is 4.07. The highest BCUT2D eigenvalue weighted by Crippen LogP contribution is 2.12. The van der Waals surface area contributed by atoms with Crippen LogP contribution in [0.3, 0.4) is 0 Å². The standard InChI is InChI=1S/C10H10N2S/c1-10(13)4-9-6-11-3-2-8(9)5-12-7-10/h2-7,13H,1H3. The average Bonchev–Trinajstić information content (AvgIpc) is 2.21. The van der Waals surface area contributed by atoms with Crippen LogP contribution in [0.5, 0.6) is 0 Å². The number of rotatable bonds is 0. The summed E-state index contributed by atoms with van der Waals surface area (Å²) in [7, 11) is 0. The van der Waals surface area contributed by atoms with Crippen molar-refractivity contribution in [3.63, 3.8) is 0 Å². The van der Waals surface area contributed by atoms with E-state index in [1.807, 2.05) is 37.7 Å². The monoisotopic (exact) mass is 190 g/mol. The van der Waals surface area contributed by atoms with Crippen LogP contribution in [0.4, 0.5) is 0 Å². The Labute approximate surface area is 82.1 Å². The van der Waals surface area contributed by atoms with Gasteiger partial charge in [0.05, 0.1) is 4.75 Å². The van der Waals surface area contributed by atoms with Gasteiger partial charge in [0.25, 0.3) is 0 Å². The second-order valence-corrected chi connectivity index (χ2v) is 4.25. The SMILES string of the molecule is CC1(S)C=NC=c2ccncc2=C1. The van der Waals surface area contributed by atoms with E-state index >= 15 is 0 Å². The van der Waals surface area contributed by atoms with Crippen LogP contribution in [-0.2, 0) is 0 Å². The summed E-state index contributed by atoms with van der Waals surface area (Å²) < 4.78 is -0.287. The zero-order valence-corrected chi connectivity index (χ0v) is 8.20. The maximum Gasteiger partial charge on any atom is 0.0641 e. The number of hydrogen-bond donors (Lipinski definition) is 1. The van der Waals surface area contributed by atoms with Crippen molar-refractivity contribution in [3.8, 4) is 0 Å². The molecule has 0 bridgehead atoms. The van der Waals surface area contributed by atoms with Crippen LogP contribution >= 0.6 is 12.6 Å². The lowest BCUT2D eigenvalue weighted by Gasteiger charge is -2.09. The Balaban J connectivity index is 2.77. The molecule has 66 valence electrons. The molecular formula is C10H10N2S. The first-order chi connectivity index (χ1) is 6.17. The third-order valence-electron chi connectivity index (χ3n) is 1.88. The van der Waals surface area contributed by atoms with Crippen molar-refractivity contribution in [3.05, 3.63) is 28.9 Å². The van der Waals surface area contributed by atoms with Crippen LogP contribution in [-0.4, -0.2) is 15.9 Å². The molecule has 3 heteroatoms. The molecule has 1 aromatic heterocycles. The van der Waals surface area contributed by atoms with Gasteiger partial charge in [0.1, 0.15) is 0 Å². The first-order valence-corrected chi connectivity index (χ1v) is 4.52. The molecule has 2 nitrogen and oxygen atoms in total. The summed E-state index contributed by atoms with van der Waals surface area (Å²) in [4.78, 5) is 8.24. The molecule has 2 heterocycles. The van der Waals surface area contributed by atoms with E-state index in [9.17, 15) is 0 Å². The Morgan fingerprint density at radius 2 is 2.23 bits per heavy atom. The summed E-state index contributed by atoms with van der Waals surface area (Å²) in [6, 6.07) is 1.94. The van der Waals surface area contributed by atoms with Crippen LogP contribution < -0.4 is 10.4 Å². The number of aromatic nitrogens is 1. The predicted molar refractivity (Wildman–Crippen MR) is 58.3 cm³/mol. The van der Waals surface area contributed by atoms with Gasteiger partial charge >= 0.3 is 0 Å². The van der Waals surface area contributed by atoms with E-state index in [0.29, 0.717) is 0 Å². The second kappa shape index (κ2) is 3.00. The number of nitrogens with zero attached hydrogens (tertiary/aromatic N) is 2. The fraction of sp³-hybridized carbons (Fsp3) is 0.200. The van der Waals surface area contributed by atoms with E-state index in [0.717, 1.165) is 10.4 Å². The highest BCUT2D eigenvalue weighted by molar-refractivity contribution is 7.83. The number of aliphatic imine (C=N–C) groups is 1. The molecule has 0 spiro atoms. The van der Waals surface area contributed by atoms with E-state index in [4.69, 9.17) is 0 Å². The lowest BCUT2D eigenvalue weighted by Crippen LogP contribution is -2.27. The van der Waals surface area contributed by atoms with Gasteiger partial charge in [-0.05, 0) is 18.2 Å². The summed E-state index contributed by atoms with van der Waals surface area (Å²) in [5.74, 6) is 0. The van der Waals surface area contributed by atoms with E-state index in [2.05, 4.69) is 22.6 Å². The zero-order valence-electron chi connectivity index (χ0n) is 7.31. The average molecular weight is 190 g/mol. The molecule has 13 heavy (non-hydrogen) atoms. The molecule has 0 aromatic carbocycles. The van der Waals surface area contributed by atoms with Crippen LogP contribution in [0.1, 0.15) is 6.92 Å². The molecule has 0 saturated heterocycles. The Kier molecular flexibility index (Phi) is 1.96. The van der Waals surface area contributed by atoms with Crippen LogP contribution in [0, 0.1) is 0 Å². The Morgan fingerprint density at radius 3 is 3.08 bits per heavy atom. The Hall–Kier alpha value is -1.09. The van der Waals surface area contributed by atoms with Crippen molar-refractivity contribution < 1.29 is 0 Å². The minimum atomic E-state index is -0.287. The minimum Gasteiger partial charge on any atom is -0.267 e. The van der Waals surface area contributed by atoms with Gasteiger partial charge < -0.3 is 0 Å². The highest BCUT2D eigenvalue weighted by atomic mass is 32.1. The van der Waals surface area contributed by atoms with Gasteiger partial charge in [-0.15, -0.1) is 0 Å². The molecule has 1 aliphatic heterocycles. The molecule has 1 unspecified atom stereocenters. The second-order valence-electron chi connectivity index (χ2n) is 3.28. The molecule has 0 saturated carbocycles. The molecule has 0 N–H and O–H groups in total. The fourth-order valence-corrected chi connectivity index (χ4v) is 1.48. The smallest absolute Gasteiger partial charge is 0.0641 e. The number of pyridine rings is 1. The molecule has 0 radical (unpaired) electrons. The zero-order chi connectivity index (χ0) is 9.31. The topological polar surface area (TPSA) is 25.2 Å². The number of thiol groups is 1. The summed E-state index contributed by atoms with van der Waals surface area (Å²) >= 11 is 4.46. The Bertz CT molecular complexity index is 460. The third kappa shape index (κ3) is 1.80. The van der Waals surface area contributed by atoms with Crippen molar-refractivity contribution in [2.45, 2.75) is 11.7 Å². The van der Waals surface area contributed by atoms with E-state index in [-0.39, 0.29) is 4.75 Å². The van der Waals surface area contributed by atoms with Gasteiger partial charge in [-0.1, -0.05) is 6.08 Å². The molecule has 0 fully saturated rings. The summed E-state index contributed by atoms with van der Waals surface area (Å²) in [6.45, 7) is 2.00. The lowest BCUT2D eigenvalue weighted by atomic mass is 10.1. The van der Waals surface area contributed by atoms with Crippen molar-refractivity contribution in [2.75, 3.05) is 0 Å². The summed E-state index contributed by atoms with van der Waals surface area (Å²) in [5, 5.41) is 2.17. The quantitative estimate of drug-likeness (QED) is 0.588.